The molecule has 3 N–H and O–H groups in total. The Morgan fingerprint density at radius 3 is 2.47 bits per heavy atom. The lowest BCUT2D eigenvalue weighted by molar-refractivity contribution is 0.0943. The minimum absolute atomic E-state index is 0.249. The number of carbonyl (C=O) groups is 1. The summed E-state index contributed by atoms with van der Waals surface area (Å²) < 4.78 is 0. The molecule has 2 rings (SSSR count). The predicted molar refractivity (Wildman–Crippen MR) is 70.8 cm³/mol. The molecule has 6 heteroatoms. The van der Waals surface area contributed by atoms with E-state index in [2.05, 4.69) is 16.2 Å². The summed E-state index contributed by atoms with van der Waals surface area (Å²) in [6.45, 7) is 0. The maximum absolute atomic E-state index is 11.7. The monoisotopic (exact) mass is 269 g/mol. The van der Waals surface area contributed by atoms with Crippen molar-refractivity contribution in [2.75, 3.05) is 0 Å². The molecule has 0 bridgehead atoms. The highest BCUT2D eigenvalue weighted by Gasteiger charge is 2.21. The highest BCUT2D eigenvalue weighted by Crippen LogP contribution is 2.18. The number of halogens is 1. The zero-order chi connectivity index (χ0) is 12.3. The van der Waals surface area contributed by atoms with Gasteiger partial charge >= 0.3 is 0 Å². The third-order valence-corrected chi connectivity index (χ3v) is 2.78. The Labute approximate surface area is 110 Å². The van der Waals surface area contributed by atoms with Gasteiger partial charge < -0.3 is 5.32 Å². The van der Waals surface area contributed by atoms with Gasteiger partial charge in [0.05, 0.1) is 0 Å². The zero-order valence-electron chi connectivity index (χ0n) is 9.00. The van der Waals surface area contributed by atoms with E-state index in [4.69, 9.17) is 23.8 Å². The number of carbonyl (C=O) groups excluding carboxylic acids is 1. The largest absolute Gasteiger partial charge is 0.359 e. The maximum Gasteiger partial charge on any atom is 0.269 e. The highest BCUT2D eigenvalue weighted by atomic mass is 35.5. The molecule has 1 aromatic carbocycles. The lowest BCUT2D eigenvalue weighted by Crippen LogP contribution is -2.47. The van der Waals surface area contributed by atoms with Gasteiger partial charge in [-0.25, -0.2) is 0 Å². The van der Waals surface area contributed by atoms with Gasteiger partial charge in [-0.1, -0.05) is 11.6 Å². The fraction of sp³-hybridized carbons (Fsp3) is 0.273. The lowest BCUT2D eigenvalue weighted by atomic mass is 10.2. The van der Waals surface area contributed by atoms with E-state index in [-0.39, 0.29) is 5.91 Å². The molecule has 0 aromatic heterocycles. The molecule has 0 atom stereocenters. The number of hydrazine groups is 1. The van der Waals surface area contributed by atoms with Gasteiger partial charge in [-0.2, -0.15) is 0 Å². The predicted octanol–water partition coefficient (Wildman–Crippen LogP) is 1.61. The van der Waals surface area contributed by atoms with Crippen LogP contribution >= 0.6 is 23.8 Å². The van der Waals surface area contributed by atoms with Crippen molar-refractivity contribution in [2.24, 2.45) is 0 Å². The van der Waals surface area contributed by atoms with Crippen molar-refractivity contribution < 1.29 is 4.79 Å². The van der Waals surface area contributed by atoms with Gasteiger partial charge in [0.1, 0.15) is 0 Å². The number of hydrogen-bond donors (Lipinski definition) is 3. The van der Waals surface area contributed by atoms with E-state index in [0.29, 0.717) is 21.7 Å². The van der Waals surface area contributed by atoms with Crippen LogP contribution in [0.25, 0.3) is 0 Å². The van der Waals surface area contributed by atoms with Crippen LogP contribution in [0.15, 0.2) is 24.3 Å². The summed E-state index contributed by atoms with van der Waals surface area (Å²) in [7, 11) is 0. The first-order chi connectivity index (χ1) is 8.15. The average Bonchev–Trinajstić information content (AvgIpc) is 3.11. The molecule has 0 spiro atoms. The fourth-order valence-corrected chi connectivity index (χ4v) is 1.58. The van der Waals surface area contributed by atoms with Crippen LogP contribution in [-0.4, -0.2) is 17.1 Å². The molecule has 1 amide bonds. The molecule has 1 aliphatic rings. The van der Waals surface area contributed by atoms with Crippen molar-refractivity contribution >= 4 is 34.8 Å². The number of benzene rings is 1. The fourth-order valence-electron chi connectivity index (χ4n) is 1.24. The van der Waals surface area contributed by atoms with Crippen molar-refractivity contribution in [2.45, 2.75) is 18.9 Å². The molecule has 0 heterocycles. The first kappa shape index (κ1) is 12.1. The first-order valence-electron chi connectivity index (χ1n) is 5.27. The molecule has 0 radical (unpaired) electrons. The number of nitrogens with one attached hydrogen (secondary N) is 3. The van der Waals surface area contributed by atoms with Crippen molar-refractivity contribution in [1.82, 2.24) is 16.2 Å². The van der Waals surface area contributed by atoms with E-state index in [9.17, 15) is 4.79 Å². The van der Waals surface area contributed by atoms with Gasteiger partial charge in [0.2, 0.25) is 0 Å². The third kappa shape index (κ3) is 3.87. The zero-order valence-corrected chi connectivity index (χ0v) is 10.6. The van der Waals surface area contributed by atoms with Gasteiger partial charge in [0.25, 0.3) is 5.91 Å². The van der Waals surface area contributed by atoms with E-state index in [1.54, 1.807) is 24.3 Å². The van der Waals surface area contributed by atoms with E-state index < -0.39 is 0 Å². The van der Waals surface area contributed by atoms with Crippen molar-refractivity contribution in [1.29, 1.82) is 0 Å². The Balaban J connectivity index is 1.79. The summed E-state index contributed by atoms with van der Waals surface area (Å²) in [6, 6.07) is 7.09. The molecule has 17 heavy (non-hydrogen) atoms. The van der Waals surface area contributed by atoms with Crippen molar-refractivity contribution in [3.05, 3.63) is 34.9 Å². The SMILES string of the molecule is O=C(NNC(=S)NC1CC1)c1ccc(Cl)cc1. The Kier molecular flexibility index (Phi) is 3.81. The van der Waals surface area contributed by atoms with Gasteiger partial charge in [0.15, 0.2) is 5.11 Å². The lowest BCUT2D eigenvalue weighted by Gasteiger charge is -2.10. The van der Waals surface area contributed by atoms with Crippen LogP contribution in [0.4, 0.5) is 0 Å². The maximum atomic E-state index is 11.7. The van der Waals surface area contributed by atoms with E-state index in [0.717, 1.165) is 12.8 Å². The summed E-state index contributed by atoms with van der Waals surface area (Å²) in [4.78, 5) is 11.7. The molecule has 0 aliphatic heterocycles. The van der Waals surface area contributed by atoms with Gasteiger partial charge in [-0.15, -0.1) is 0 Å². The summed E-state index contributed by atoms with van der Waals surface area (Å²) in [5.41, 5.74) is 5.69. The van der Waals surface area contributed by atoms with Crippen LogP contribution in [0, 0.1) is 0 Å². The molecule has 0 saturated heterocycles. The van der Waals surface area contributed by atoms with Gasteiger partial charge in [0, 0.05) is 16.6 Å². The average molecular weight is 270 g/mol. The Bertz CT molecular complexity index is 431. The second-order valence-electron chi connectivity index (χ2n) is 3.83. The summed E-state index contributed by atoms with van der Waals surface area (Å²) in [5, 5.41) is 4.09. The van der Waals surface area contributed by atoms with Crippen molar-refractivity contribution in [3.8, 4) is 0 Å². The minimum atomic E-state index is -0.249. The van der Waals surface area contributed by atoms with Crippen LogP contribution in [0.1, 0.15) is 23.2 Å². The van der Waals surface area contributed by atoms with E-state index in [1.807, 2.05) is 0 Å². The van der Waals surface area contributed by atoms with Crippen LogP contribution in [0.3, 0.4) is 0 Å². The molecular weight excluding hydrogens is 258 g/mol. The number of hydrogen-bond acceptors (Lipinski definition) is 2. The molecule has 4 nitrogen and oxygen atoms in total. The number of rotatable bonds is 2. The second-order valence-corrected chi connectivity index (χ2v) is 4.68. The van der Waals surface area contributed by atoms with Gasteiger partial charge in [-0.3, -0.25) is 15.6 Å². The van der Waals surface area contributed by atoms with Gasteiger partial charge in [-0.05, 0) is 49.3 Å². The molecule has 1 saturated carbocycles. The number of amides is 1. The topological polar surface area (TPSA) is 53.2 Å². The standard InChI is InChI=1S/C11H12ClN3OS/c12-8-3-1-7(2-4-8)10(16)14-15-11(17)13-9-5-6-9/h1-4,9H,5-6H2,(H,14,16)(H2,13,15,17). The first-order valence-corrected chi connectivity index (χ1v) is 6.06. The molecule has 1 aromatic rings. The van der Waals surface area contributed by atoms with E-state index in [1.165, 1.54) is 0 Å². The van der Waals surface area contributed by atoms with Crippen LogP contribution in [0.5, 0.6) is 0 Å². The third-order valence-electron chi connectivity index (χ3n) is 2.31. The van der Waals surface area contributed by atoms with Crippen LogP contribution in [0.2, 0.25) is 5.02 Å². The normalized spacial score (nSPS) is 13.9. The smallest absolute Gasteiger partial charge is 0.269 e. The van der Waals surface area contributed by atoms with Crippen molar-refractivity contribution in [3.63, 3.8) is 0 Å². The second kappa shape index (κ2) is 5.33. The molecule has 1 aliphatic carbocycles. The Morgan fingerprint density at radius 2 is 1.88 bits per heavy atom. The Morgan fingerprint density at radius 1 is 1.24 bits per heavy atom. The molecule has 90 valence electrons. The summed E-state index contributed by atoms with van der Waals surface area (Å²) in [6.07, 6.45) is 2.26. The molecule has 1 fully saturated rings. The molecule has 0 unspecified atom stereocenters. The molecular formula is C11H12ClN3OS. The highest BCUT2D eigenvalue weighted by molar-refractivity contribution is 7.80. The summed E-state index contributed by atoms with van der Waals surface area (Å²) >= 11 is 10.7. The van der Waals surface area contributed by atoms with Crippen LogP contribution < -0.4 is 16.2 Å². The van der Waals surface area contributed by atoms with E-state index >= 15 is 0 Å². The quantitative estimate of drug-likeness (QED) is 0.564. The Hall–Kier alpha value is -1.33. The summed E-state index contributed by atoms with van der Waals surface area (Å²) in [5.74, 6) is -0.249. The van der Waals surface area contributed by atoms with Crippen LogP contribution in [-0.2, 0) is 0 Å². The number of thiocarbonyl (C=S) groups is 1. The minimum Gasteiger partial charge on any atom is -0.359 e.